The minimum atomic E-state index is -0.463. The fourth-order valence-electron chi connectivity index (χ4n) is 2.77. The van der Waals surface area contributed by atoms with E-state index in [1.807, 2.05) is 4.90 Å². The molecule has 7 heteroatoms. The Hall–Kier alpha value is -2.15. The summed E-state index contributed by atoms with van der Waals surface area (Å²) in [6.45, 7) is 6.59. The summed E-state index contributed by atoms with van der Waals surface area (Å²) in [6.07, 6.45) is 0. The summed E-state index contributed by atoms with van der Waals surface area (Å²) in [5.41, 5.74) is 1.99. The molecule has 2 heterocycles. The third-order valence-corrected chi connectivity index (χ3v) is 4.07. The second-order valence-electron chi connectivity index (χ2n) is 5.48. The molecule has 120 valence electrons. The van der Waals surface area contributed by atoms with E-state index in [0.717, 1.165) is 0 Å². The highest BCUT2D eigenvalue weighted by molar-refractivity contribution is 6.04. The molecule has 7 nitrogen and oxygen atoms in total. The van der Waals surface area contributed by atoms with Crippen LogP contribution in [0.3, 0.4) is 0 Å². The largest absolute Gasteiger partial charge is 0.465 e. The molecule has 1 aromatic rings. The number of ether oxygens (including phenoxy) is 1. The van der Waals surface area contributed by atoms with Crippen molar-refractivity contribution in [2.45, 2.75) is 26.8 Å². The molecule has 2 rings (SSSR count). The molecule has 1 saturated heterocycles. The number of ketones is 1. The lowest BCUT2D eigenvalue weighted by Gasteiger charge is -2.30. The number of aryl methyl sites for hydroxylation is 1. The summed E-state index contributed by atoms with van der Waals surface area (Å²) in [5.74, 6) is -0.679. The first-order valence-corrected chi connectivity index (χ1v) is 7.19. The van der Waals surface area contributed by atoms with E-state index in [-0.39, 0.29) is 18.2 Å². The van der Waals surface area contributed by atoms with Crippen LogP contribution < -0.4 is 5.32 Å². The second-order valence-corrected chi connectivity index (χ2v) is 5.48. The van der Waals surface area contributed by atoms with E-state index < -0.39 is 12.0 Å². The number of esters is 1. The minimum absolute atomic E-state index is 0.0828. The van der Waals surface area contributed by atoms with Crippen molar-refractivity contribution >= 4 is 17.7 Å². The van der Waals surface area contributed by atoms with Crippen LogP contribution in [0.2, 0.25) is 0 Å². The van der Waals surface area contributed by atoms with Crippen LogP contribution in [0, 0.1) is 13.8 Å². The number of carbonyl (C=O) groups excluding carboxylic acids is 3. The number of nitrogens with one attached hydrogen (secondary N) is 2. The lowest BCUT2D eigenvalue weighted by Crippen LogP contribution is -2.53. The number of hydrogen-bond donors (Lipinski definition) is 2. The molecule has 0 spiro atoms. The normalized spacial score (nSPS) is 17.0. The van der Waals surface area contributed by atoms with Crippen molar-refractivity contribution in [2.75, 3.05) is 26.7 Å². The maximum absolute atomic E-state index is 12.7. The molecule has 1 aliphatic heterocycles. The van der Waals surface area contributed by atoms with Gasteiger partial charge in [-0.25, -0.2) is 4.79 Å². The van der Waals surface area contributed by atoms with Crippen molar-refractivity contribution in [3.63, 3.8) is 0 Å². The number of H-pyrrole nitrogens is 1. The number of rotatable bonds is 4. The van der Waals surface area contributed by atoms with Crippen molar-refractivity contribution in [3.05, 3.63) is 22.5 Å². The summed E-state index contributed by atoms with van der Waals surface area (Å²) in [6, 6.07) is -0.437. The predicted octanol–water partition coefficient (Wildman–Crippen LogP) is 0.421. The summed E-state index contributed by atoms with van der Waals surface area (Å²) in [4.78, 5) is 40.7. The smallest absolute Gasteiger partial charge is 0.339 e. The number of aromatic amines is 1. The summed E-state index contributed by atoms with van der Waals surface area (Å²) in [5, 5.41) is 2.73. The van der Waals surface area contributed by atoms with Gasteiger partial charge in [0.1, 0.15) is 0 Å². The van der Waals surface area contributed by atoms with Gasteiger partial charge < -0.3 is 15.0 Å². The molecule has 22 heavy (non-hydrogen) atoms. The number of amides is 1. The van der Waals surface area contributed by atoms with Gasteiger partial charge in [0.15, 0.2) is 5.78 Å². The highest BCUT2D eigenvalue weighted by Crippen LogP contribution is 2.21. The van der Waals surface area contributed by atoms with Crippen LogP contribution in [0.25, 0.3) is 0 Å². The van der Waals surface area contributed by atoms with Crippen molar-refractivity contribution in [2.24, 2.45) is 0 Å². The van der Waals surface area contributed by atoms with Crippen LogP contribution in [0.1, 0.15) is 39.0 Å². The van der Waals surface area contributed by atoms with Crippen LogP contribution >= 0.6 is 0 Å². The Morgan fingerprint density at radius 2 is 2.00 bits per heavy atom. The molecule has 1 aromatic heterocycles. The average molecular weight is 307 g/mol. The van der Waals surface area contributed by atoms with Gasteiger partial charge in [0.25, 0.3) is 0 Å². The van der Waals surface area contributed by atoms with E-state index in [0.29, 0.717) is 35.6 Å². The number of aromatic nitrogens is 1. The summed E-state index contributed by atoms with van der Waals surface area (Å²) >= 11 is 0. The van der Waals surface area contributed by atoms with Crippen LogP contribution in [-0.4, -0.2) is 60.3 Å². The Labute approximate surface area is 129 Å². The van der Waals surface area contributed by atoms with Crippen LogP contribution in [0.5, 0.6) is 0 Å². The number of nitrogens with zero attached hydrogens (tertiary/aromatic N) is 1. The Balaban J connectivity index is 2.26. The number of carbonyl (C=O) groups is 3. The van der Waals surface area contributed by atoms with Crippen molar-refractivity contribution in [1.82, 2.24) is 15.2 Å². The lowest BCUT2D eigenvalue weighted by atomic mass is 10.0. The van der Waals surface area contributed by atoms with Crippen molar-refractivity contribution < 1.29 is 19.1 Å². The molecule has 0 saturated carbocycles. The number of methoxy groups -OCH3 is 1. The number of piperazine rings is 1. The Morgan fingerprint density at radius 3 is 2.59 bits per heavy atom. The summed E-state index contributed by atoms with van der Waals surface area (Å²) < 4.78 is 4.75. The summed E-state index contributed by atoms with van der Waals surface area (Å²) in [7, 11) is 1.31. The third-order valence-electron chi connectivity index (χ3n) is 4.07. The fraction of sp³-hybridized carbons (Fsp3) is 0.533. The lowest BCUT2D eigenvalue weighted by molar-refractivity contribution is -0.124. The van der Waals surface area contributed by atoms with E-state index in [9.17, 15) is 14.4 Å². The molecule has 0 aliphatic carbocycles. The van der Waals surface area contributed by atoms with Gasteiger partial charge in [-0.05, 0) is 26.3 Å². The number of hydrogen-bond acceptors (Lipinski definition) is 5. The standard InChI is InChI=1S/C15H21N3O4/c1-8-12(15(21)22-4)9(2)17-13(8)14(20)10(3)18-6-5-16-11(19)7-18/h10,17H,5-7H2,1-4H3,(H,16,19)/t10-/m1/s1. The number of Topliss-reactive ketones (excluding diaryl/α,β-unsaturated/α-hetero) is 1. The monoisotopic (exact) mass is 307 g/mol. The van der Waals surface area contributed by atoms with Gasteiger partial charge in [-0.15, -0.1) is 0 Å². The van der Waals surface area contributed by atoms with Gasteiger partial charge >= 0.3 is 5.97 Å². The predicted molar refractivity (Wildman–Crippen MR) is 80.0 cm³/mol. The molecule has 0 aromatic carbocycles. The zero-order valence-corrected chi connectivity index (χ0v) is 13.3. The first-order chi connectivity index (χ1) is 10.4. The average Bonchev–Trinajstić information content (AvgIpc) is 2.80. The molecular weight excluding hydrogens is 286 g/mol. The van der Waals surface area contributed by atoms with Crippen LogP contribution in [0.4, 0.5) is 0 Å². The first kappa shape index (κ1) is 16.2. The Kier molecular flexibility index (Phi) is 4.65. The van der Waals surface area contributed by atoms with Gasteiger partial charge in [0.05, 0.1) is 31.0 Å². The highest BCUT2D eigenvalue weighted by Gasteiger charge is 2.30. The Morgan fingerprint density at radius 1 is 1.32 bits per heavy atom. The quantitative estimate of drug-likeness (QED) is 0.621. The molecule has 1 atom stereocenters. The Bertz CT molecular complexity index is 621. The van der Waals surface area contributed by atoms with Gasteiger partial charge in [-0.1, -0.05) is 0 Å². The SMILES string of the molecule is COC(=O)c1c(C)[nH]c(C(=O)[C@@H](C)N2CCNC(=O)C2)c1C. The molecule has 0 unspecified atom stereocenters. The zero-order valence-electron chi connectivity index (χ0n) is 13.3. The topological polar surface area (TPSA) is 91.5 Å². The maximum atomic E-state index is 12.7. The maximum Gasteiger partial charge on any atom is 0.339 e. The van der Waals surface area contributed by atoms with Crippen molar-refractivity contribution in [3.8, 4) is 0 Å². The minimum Gasteiger partial charge on any atom is -0.465 e. The van der Waals surface area contributed by atoms with E-state index in [4.69, 9.17) is 4.74 Å². The van der Waals surface area contributed by atoms with Crippen LogP contribution in [0.15, 0.2) is 0 Å². The molecule has 0 radical (unpaired) electrons. The van der Waals surface area contributed by atoms with Gasteiger partial charge in [-0.3, -0.25) is 14.5 Å². The van der Waals surface area contributed by atoms with Gasteiger partial charge in [0.2, 0.25) is 5.91 Å². The van der Waals surface area contributed by atoms with E-state index in [1.165, 1.54) is 7.11 Å². The first-order valence-electron chi connectivity index (χ1n) is 7.19. The molecule has 1 aliphatic rings. The molecule has 0 bridgehead atoms. The fourth-order valence-corrected chi connectivity index (χ4v) is 2.77. The molecule has 1 fully saturated rings. The molecular formula is C15H21N3O4. The van der Waals surface area contributed by atoms with E-state index in [2.05, 4.69) is 10.3 Å². The van der Waals surface area contributed by atoms with E-state index >= 15 is 0 Å². The molecule has 2 N–H and O–H groups in total. The van der Waals surface area contributed by atoms with Gasteiger partial charge in [0, 0.05) is 18.8 Å². The zero-order chi connectivity index (χ0) is 16.4. The molecule has 1 amide bonds. The second kappa shape index (κ2) is 6.31. The van der Waals surface area contributed by atoms with E-state index in [1.54, 1.807) is 20.8 Å². The van der Waals surface area contributed by atoms with Crippen LogP contribution in [-0.2, 0) is 9.53 Å². The van der Waals surface area contributed by atoms with Gasteiger partial charge in [-0.2, -0.15) is 0 Å². The highest BCUT2D eigenvalue weighted by atomic mass is 16.5. The van der Waals surface area contributed by atoms with Crippen molar-refractivity contribution in [1.29, 1.82) is 0 Å². The third kappa shape index (κ3) is 2.89.